The minimum atomic E-state index is -0.513. The molecule has 0 radical (unpaired) electrons. The highest BCUT2D eigenvalue weighted by Gasteiger charge is 1.92. The number of allylic oxidation sites excluding steroid dienone is 9. The van der Waals surface area contributed by atoms with Crippen molar-refractivity contribution in [3.05, 3.63) is 60.8 Å². The molecule has 0 aromatic heterocycles. The second-order valence-electron chi connectivity index (χ2n) is 5.62. The molecule has 0 saturated carbocycles. The largest absolute Gasteiger partial charge is 0.447 e. The number of hydrogen-bond donors (Lipinski definition) is 0. The van der Waals surface area contributed by atoms with Gasteiger partial charge in [-0.25, -0.2) is 4.79 Å². The van der Waals surface area contributed by atoms with Gasteiger partial charge >= 0.3 is 5.97 Å². The molecule has 0 N–H and O–H groups in total. The Labute approximate surface area is 153 Å². The first kappa shape index (κ1) is 22.7. The standard InChI is InChI=1S/C22H31NO2/c1-2-3-4-5-6-7-8-9-10-11-12-13-14-15-16-17-18-19-22(24)25-21-20-23/h10-19H,2-9,21H2,1H3. The van der Waals surface area contributed by atoms with Crippen LogP contribution in [0, 0.1) is 11.3 Å². The van der Waals surface area contributed by atoms with E-state index in [1.165, 1.54) is 51.0 Å². The Morgan fingerprint density at radius 1 is 0.840 bits per heavy atom. The molecule has 0 unspecified atom stereocenters. The Kier molecular flexibility index (Phi) is 17.9. The van der Waals surface area contributed by atoms with E-state index in [1.807, 2.05) is 30.4 Å². The summed E-state index contributed by atoms with van der Waals surface area (Å²) in [6.07, 6.45) is 29.1. The fraction of sp³-hybridized carbons (Fsp3) is 0.455. The molecule has 0 aromatic carbocycles. The third-order valence-corrected chi connectivity index (χ3v) is 3.40. The molecule has 3 heteroatoms. The topological polar surface area (TPSA) is 50.1 Å². The molecule has 0 aliphatic carbocycles. The van der Waals surface area contributed by atoms with Crippen molar-refractivity contribution < 1.29 is 9.53 Å². The summed E-state index contributed by atoms with van der Waals surface area (Å²) in [4.78, 5) is 11.0. The molecule has 3 nitrogen and oxygen atoms in total. The van der Waals surface area contributed by atoms with Gasteiger partial charge in [-0.1, -0.05) is 100 Å². The molecule has 0 amide bonds. The van der Waals surface area contributed by atoms with E-state index in [2.05, 4.69) is 23.8 Å². The van der Waals surface area contributed by atoms with Crippen LogP contribution >= 0.6 is 0 Å². The number of nitrogens with zero attached hydrogens (tertiary/aromatic N) is 1. The van der Waals surface area contributed by atoms with Gasteiger partial charge in [-0.15, -0.1) is 0 Å². The molecule has 0 fully saturated rings. The maximum absolute atomic E-state index is 11.0. The van der Waals surface area contributed by atoms with E-state index in [0.717, 1.165) is 6.42 Å². The number of carbonyl (C=O) groups is 1. The van der Waals surface area contributed by atoms with Crippen molar-refractivity contribution in [2.75, 3.05) is 6.61 Å². The first-order valence-electron chi connectivity index (χ1n) is 9.18. The summed E-state index contributed by atoms with van der Waals surface area (Å²) in [7, 11) is 0. The van der Waals surface area contributed by atoms with Gasteiger partial charge in [0.1, 0.15) is 6.07 Å². The summed E-state index contributed by atoms with van der Waals surface area (Å²) in [5.41, 5.74) is 0. The Hall–Kier alpha value is -2.34. The summed E-state index contributed by atoms with van der Waals surface area (Å²) in [5, 5.41) is 8.25. The molecule has 0 bridgehead atoms. The van der Waals surface area contributed by atoms with Crippen LogP contribution in [0.4, 0.5) is 0 Å². The smallest absolute Gasteiger partial charge is 0.331 e. The van der Waals surface area contributed by atoms with Gasteiger partial charge in [0.05, 0.1) is 0 Å². The van der Waals surface area contributed by atoms with E-state index < -0.39 is 5.97 Å². The molecule has 25 heavy (non-hydrogen) atoms. The normalized spacial score (nSPS) is 12.2. The van der Waals surface area contributed by atoms with Gasteiger partial charge in [-0.05, 0) is 12.8 Å². The highest BCUT2D eigenvalue weighted by atomic mass is 16.5. The second kappa shape index (κ2) is 19.7. The van der Waals surface area contributed by atoms with E-state index in [4.69, 9.17) is 5.26 Å². The quantitative estimate of drug-likeness (QED) is 0.169. The van der Waals surface area contributed by atoms with Gasteiger partial charge in [0, 0.05) is 6.08 Å². The van der Waals surface area contributed by atoms with Crippen molar-refractivity contribution in [3.8, 4) is 6.07 Å². The van der Waals surface area contributed by atoms with Gasteiger partial charge in [0.15, 0.2) is 6.61 Å². The molecule has 0 heterocycles. The number of hydrogen-bond acceptors (Lipinski definition) is 3. The van der Waals surface area contributed by atoms with E-state index in [0.29, 0.717) is 0 Å². The van der Waals surface area contributed by atoms with Crippen LogP contribution in [0.2, 0.25) is 0 Å². The molecule has 0 aliphatic rings. The van der Waals surface area contributed by atoms with Crippen LogP contribution in [-0.4, -0.2) is 12.6 Å². The Bertz CT molecular complexity index is 505. The van der Waals surface area contributed by atoms with Crippen LogP contribution in [-0.2, 0) is 9.53 Å². The van der Waals surface area contributed by atoms with Crippen LogP contribution in [0.5, 0.6) is 0 Å². The highest BCUT2D eigenvalue weighted by Crippen LogP contribution is 2.08. The minimum absolute atomic E-state index is 0.218. The zero-order valence-corrected chi connectivity index (χ0v) is 15.4. The first-order chi connectivity index (χ1) is 12.3. The fourth-order valence-electron chi connectivity index (χ4n) is 2.06. The van der Waals surface area contributed by atoms with Gasteiger partial charge in [-0.2, -0.15) is 5.26 Å². The van der Waals surface area contributed by atoms with Crippen LogP contribution < -0.4 is 0 Å². The van der Waals surface area contributed by atoms with Gasteiger partial charge in [-0.3, -0.25) is 0 Å². The molecule has 0 saturated heterocycles. The van der Waals surface area contributed by atoms with E-state index in [9.17, 15) is 4.79 Å². The number of rotatable bonds is 14. The summed E-state index contributed by atoms with van der Waals surface area (Å²) < 4.78 is 4.56. The number of ether oxygens (including phenoxy) is 1. The van der Waals surface area contributed by atoms with Crippen molar-refractivity contribution in [2.45, 2.75) is 58.3 Å². The Morgan fingerprint density at radius 2 is 1.40 bits per heavy atom. The van der Waals surface area contributed by atoms with Crippen LogP contribution in [0.3, 0.4) is 0 Å². The average molecular weight is 341 g/mol. The monoisotopic (exact) mass is 341 g/mol. The number of carbonyl (C=O) groups excluding carboxylic acids is 1. The molecular weight excluding hydrogens is 310 g/mol. The summed E-state index contributed by atoms with van der Waals surface area (Å²) >= 11 is 0. The summed E-state index contributed by atoms with van der Waals surface area (Å²) in [6.45, 7) is 2.03. The van der Waals surface area contributed by atoms with Gasteiger partial charge < -0.3 is 4.74 Å². The molecule has 0 aliphatic heterocycles. The first-order valence-corrected chi connectivity index (χ1v) is 9.18. The summed E-state index contributed by atoms with van der Waals surface area (Å²) in [6, 6.07) is 1.74. The fourth-order valence-corrected chi connectivity index (χ4v) is 2.06. The maximum atomic E-state index is 11.0. The molecule has 0 atom stereocenters. The maximum Gasteiger partial charge on any atom is 0.331 e. The van der Waals surface area contributed by atoms with Crippen molar-refractivity contribution in [1.29, 1.82) is 5.26 Å². The van der Waals surface area contributed by atoms with Crippen molar-refractivity contribution in [1.82, 2.24) is 0 Å². The SMILES string of the molecule is CCCCCCCCCC=CC=CC=CC=CC=CC(=O)OCC#N. The van der Waals surface area contributed by atoms with Crippen LogP contribution in [0.1, 0.15) is 58.3 Å². The molecule has 0 spiro atoms. The molecule has 0 aromatic rings. The van der Waals surface area contributed by atoms with Crippen LogP contribution in [0.25, 0.3) is 0 Å². The zero-order chi connectivity index (χ0) is 18.4. The van der Waals surface area contributed by atoms with E-state index in [1.54, 1.807) is 18.2 Å². The lowest BCUT2D eigenvalue weighted by atomic mass is 10.1. The lowest BCUT2D eigenvalue weighted by Crippen LogP contribution is -1.99. The predicted molar refractivity (Wildman–Crippen MR) is 105 cm³/mol. The molecule has 136 valence electrons. The second-order valence-corrected chi connectivity index (χ2v) is 5.62. The lowest BCUT2D eigenvalue weighted by Gasteiger charge is -1.98. The lowest BCUT2D eigenvalue weighted by molar-refractivity contribution is -0.136. The zero-order valence-electron chi connectivity index (χ0n) is 15.4. The number of nitriles is 1. The van der Waals surface area contributed by atoms with Gasteiger partial charge in [0.25, 0.3) is 0 Å². The van der Waals surface area contributed by atoms with E-state index in [-0.39, 0.29) is 6.61 Å². The van der Waals surface area contributed by atoms with E-state index >= 15 is 0 Å². The number of unbranched alkanes of at least 4 members (excludes halogenated alkanes) is 7. The third-order valence-electron chi connectivity index (χ3n) is 3.40. The highest BCUT2D eigenvalue weighted by molar-refractivity contribution is 5.82. The third kappa shape index (κ3) is 19.6. The average Bonchev–Trinajstić information content (AvgIpc) is 2.62. The molecular formula is C22H31NO2. The number of esters is 1. The summed E-state index contributed by atoms with van der Waals surface area (Å²) in [5.74, 6) is -0.513. The Balaban J connectivity index is 3.61. The molecule has 0 rings (SSSR count). The van der Waals surface area contributed by atoms with Crippen molar-refractivity contribution in [2.24, 2.45) is 0 Å². The van der Waals surface area contributed by atoms with Gasteiger partial charge in [0.2, 0.25) is 0 Å². The predicted octanol–water partition coefficient (Wildman–Crippen LogP) is 5.97. The minimum Gasteiger partial charge on any atom is -0.447 e. The Morgan fingerprint density at radius 3 is 2.04 bits per heavy atom. The van der Waals surface area contributed by atoms with Crippen molar-refractivity contribution >= 4 is 5.97 Å². The van der Waals surface area contributed by atoms with Crippen LogP contribution in [0.15, 0.2) is 60.8 Å². The van der Waals surface area contributed by atoms with Crippen molar-refractivity contribution in [3.63, 3.8) is 0 Å².